The Labute approximate surface area is 128 Å². The molecule has 2 rings (SSSR count). The fourth-order valence-corrected chi connectivity index (χ4v) is 1.82. The van der Waals surface area contributed by atoms with Crippen molar-refractivity contribution in [3.05, 3.63) is 80.8 Å². The van der Waals surface area contributed by atoms with Crippen LogP contribution in [-0.2, 0) is 4.79 Å². The lowest BCUT2D eigenvalue weighted by Gasteiger charge is -2.13. The highest BCUT2D eigenvalue weighted by atomic mass is 19.1. The van der Waals surface area contributed by atoms with E-state index in [0.717, 1.165) is 30.5 Å². The maximum Gasteiger partial charge on any atom is 0.320 e. The highest BCUT2D eigenvalue weighted by molar-refractivity contribution is 6.06. The van der Waals surface area contributed by atoms with Crippen LogP contribution in [0.3, 0.4) is 0 Å². The van der Waals surface area contributed by atoms with E-state index in [0.29, 0.717) is 0 Å². The molecule has 1 aliphatic carbocycles. The Kier molecular flexibility index (Phi) is 4.20. The van der Waals surface area contributed by atoms with Crippen LogP contribution in [0, 0.1) is 21.4 Å². The molecule has 0 aromatic heterocycles. The van der Waals surface area contributed by atoms with Crippen molar-refractivity contribution < 1.29 is 24.4 Å². The number of aliphatic hydroxyl groups excluding tert-OH is 1. The average molecular weight is 317 g/mol. The van der Waals surface area contributed by atoms with Gasteiger partial charge in [0, 0.05) is 18.4 Å². The first kappa shape index (κ1) is 15.9. The van der Waals surface area contributed by atoms with Gasteiger partial charge in [0.05, 0.1) is 16.6 Å². The Hall–Kier alpha value is -3.51. The lowest BCUT2D eigenvalue weighted by Crippen LogP contribution is -2.17. The molecule has 23 heavy (non-hydrogen) atoms. The van der Waals surface area contributed by atoms with Crippen LogP contribution < -0.4 is 0 Å². The number of carbonyl (C=O) groups excluding carboxylic acids is 1. The minimum atomic E-state index is -1.14. The molecular weight excluding hydrogens is 309 g/mol. The number of aliphatic hydroxyl groups is 1. The summed E-state index contributed by atoms with van der Waals surface area (Å²) in [4.78, 5) is 21.2. The van der Waals surface area contributed by atoms with E-state index < -0.39 is 28.1 Å². The SMILES string of the molecule is N#CC(C=C1C=C(O)C(=O)C([N+](=O)[O-])=C1)=C1C=CN(O)C(F)=C1. The van der Waals surface area contributed by atoms with E-state index in [2.05, 4.69) is 0 Å². The van der Waals surface area contributed by atoms with Gasteiger partial charge in [-0.3, -0.25) is 20.1 Å². The number of hydrogen-bond acceptors (Lipinski definition) is 7. The zero-order valence-corrected chi connectivity index (χ0v) is 11.3. The molecule has 0 amide bonds. The van der Waals surface area contributed by atoms with Crippen LogP contribution in [0.2, 0.25) is 0 Å². The zero-order chi connectivity index (χ0) is 17.1. The van der Waals surface area contributed by atoms with Crippen molar-refractivity contribution >= 4 is 5.78 Å². The molecule has 0 saturated carbocycles. The Morgan fingerprint density at radius 3 is 2.70 bits per heavy atom. The van der Waals surface area contributed by atoms with Gasteiger partial charge in [-0.15, -0.1) is 0 Å². The van der Waals surface area contributed by atoms with Crippen LogP contribution in [0.4, 0.5) is 4.39 Å². The summed E-state index contributed by atoms with van der Waals surface area (Å²) in [6.45, 7) is 0. The number of ketones is 1. The van der Waals surface area contributed by atoms with Gasteiger partial charge in [0.25, 0.3) is 5.78 Å². The Balaban J connectivity index is 2.52. The van der Waals surface area contributed by atoms with Crippen molar-refractivity contribution in [2.75, 3.05) is 0 Å². The molecule has 0 radical (unpaired) electrons. The second-order valence-corrected chi connectivity index (χ2v) is 4.40. The molecule has 0 bridgehead atoms. The smallest absolute Gasteiger partial charge is 0.320 e. The Morgan fingerprint density at radius 1 is 1.43 bits per heavy atom. The van der Waals surface area contributed by atoms with E-state index in [4.69, 9.17) is 10.5 Å². The van der Waals surface area contributed by atoms with Gasteiger partial charge in [0.2, 0.25) is 5.95 Å². The molecular formula is C14H8FN3O5. The van der Waals surface area contributed by atoms with Crippen LogP contribution in [0.15, 0.2) is 70.7 Å². The summed E-state index contributed by atoms with van der Waals surface area (Å²) in [6.07, 6.45) is 6.09. The zero-order valence-electron chi connectivity index (χ0n) is 11.3. The van der Waals surface area contributed by atoms with Crippen LogP contribution in [0.25, 0.3) is 0 Å². The summed E-state index contributed by atoms with van der Waals surface area (Å²) >= 11 is 0. The number of carbonyl (C=O) groups is 1. The third-order valence-electron chi connectivity index (χ3n) is 2.90. The number of halogens is 1. The summed E-state index contributed by atoms with van der Waals surface area (Å²) in [6, 6.07) is 1.77. The molecule has 0 aromatic rings. The summed E-state index contributed by atoms with van der Waals surface area (Å²) in [7, 11) is 0. The Bertz CT molecular complexity index is 824. The number of nitro groups is 1. The van der Waals surface area contributed by atoms with E-state index in [9.17, 15) is 24.4 Å². The fourth-order valence-electron chi connectivity index (χ4n) is 1.82. The van der Waals surface area contributed by atoms with Crippen molar-refractivity contribution in [3.63, 3.8) is 0 Å². The van der Waals surface area contributed by atoms with Crippen LogP contribution >= 0.6 is 0 Å². The van der Waals surface area contributed by atoms with Gasteiger partial charge in [0.1, 0.15) is 0 Å². The number of allylic oxidation sites excluding steroid dienone is 8. The summed E-state index contributed by atoms with van der Waals surface area (Å²) in [5, 5.41) is 38.6. The van der Waals surface area contributed by atoms with Crippen molar-refractivity contribution in [2.24, 2.45) is 0 Å². The molecule has 2 N–H and O–H groups in total. The lowest BCUT2D eigenvalue weighted by molar-refractivity contribution is -0.418. The van der Waals surface area contributed by atoms with E-state index in [1.165, 1.54) is 6.08 Å². The molecule has 2 aliphatic rings. The van der Waals surface area contributed by atoms with Gasteiger partial charge >= 0.3 is 5.70 Å². The van der Waals surface area contributed by atoms with Crippen molar-refractivity contribution in [3.8, 4) is 6.07 Å². The van der Waals surface area contributed by atoms with Gasteiger partial charge in [-0.2, -0.15) is 9.65 Å². The van der Waals surface area contributed by atoms with Gasteiger partial charge < -0.3 is 5.11 Å². The van der Waals surface area contributed by atoms with Gasteiger partial charge in [0.15, 0.2) is 5.76 Å². The molecule has 0 unspecified atom stereocenters. The summed E-state index contributed by atoms with van der Waals surface area (Å²) in [5.41, 5.74) is -0.812. The third-order valence-corrected chi connectivity index (χ3v) is 2.90. The fraction of sp³-hybridized carbons (Fsp3) is 0. The van der Waals surface area contributed by atoms with Crippen molar-refractivity contribution in [1.82, 2.24) is 5.06 Å². The normalized spacial score (nSPS) is 21.4. The van der Waals surface area contributed by atoms with Crippen LogP contribution in [0.1, 0.15) is 0 Å². The van der Waals surface area contributed by atoms with Gasteiger partial charge in [-0.1, -0.05) is 0 Å². The highest BCUT2D eigenvalue weighted by Gasteiger charge is 2.29. The largest absolute Gasteiger partial charge is 0.504 e. The first-order chi connectivity index (χ1) is 10.8. The number of rotatable bonds is 2. The molecule has 0 saturated heterocycles. The average Bonchev–Trinajstić information content (AvgIpc) is 2.50. The molecule has 116 valence electrons. The molecule has 0 atom stereocenters. The minimum Gasteiger partial charge on any atom is -0.504 e. The predicted octanol–water partition coefficient (Wildman–Crippen LogP) is 1.95. The second kappa shape index (κ2) is 6.08. The molecule has 0 spiro atoms. The first-order valence-electron chi connectivity index (χ1n) is 6.04. The second-order valence-electron chi connectivity index (χ2n) is 4.40. The van der Waals surface area contributed by atoms with Crippen molar-refractivity contribution in [1.29, 1.82) is 5.26 Å². The number of hydrogen-bond donors (Lipinski definition) is 2. The minimum absolute atomic E-state index is 0.0199. The van der Waals surface area contributed by atoms with Crippen LogP contribution in [-0.4, -0.2) is 26.1 Å². The molecule has 0 aromatic carbocycles. The summed E-state index contributed by atoms with van der Waals surface area (Å²) in [5.74, 6) is -3.00. The third kappa shape index (κ3) is 3.22. The van der Waals surface area contributed by atoms with E-state index in [1.54, 1.807) is 6.07 Å². The van der Waals surface area contributed by atoms with E-state index in [-0.39, 0.29) is 21.8 Å². The predicted molar refractivity (Wildman–Crippen MR) is 73.5 cm³/mol. The maximum atomic E-state index is 13.3. The molecule has 9 heteroatoms. The number of nitrogens with zero attached hydrogens (tertiary/aromatic N) is 3. The maximum absolute atomic E-state index is 13.3. The number of Topliss-reactive ketones (excluding diaryl/α,β-unsaturated/α-hetero) is 1. The Morgan fingerprint density at radius 2 is 2.13 bits per heavy atom. The quantitative estimate of drug-likeness (QED) is 0.345. The van der Waals surface area contributed by atoms with Crippen molar-refractivity contribution in [2.45, 2.75) is 0 Å². The van der Waals surface area contributed by atoms with Gasteiger partial charge in [-0.25, -0.2) is 5.06 Å². The number of hydroxylamine groups is 2. The number of nitriles is 1. The van der Waals surface area contributed by atoms with Crippen LogP contribution in [0.5, 0.6) is 0 Å². The lowest BCUT2D eigenvalue weighted by atomic mass is 9.99. The molecule has 1 heterocycles. The van der Waals surface area contributed by atoms with E-state index in [1.807, 2.05) is 0 Å². The molecule has 0 fully saturated rings. The summed E-state index contributed by atoms with van der Waals surface area (Å²) < 4.78 is 13.3. The topological polar surface area (TPSA) is 128 Å². The van der Waals surface area contributed by atoms with Gasteiger partial charge in [-0.05, 0) is 29.4 Å². The standard InChI is InChI=1S/C14H8FN3O5/c15-13-6-9(1-2-17(13)21)10(7-16)3-8-4-11(18(22)23)14(20)12(19)5-8/h1-6,19,21H. The van der Waals surface area contributed by atoms with E-state index >= 15 is 0 Å². The molecule has 1 aliphatic heterocycles. The monoisotopic (exact) mass is 317 g/mol. The first-order valence-corrected chi connectivity index (χ1v) is 6.04. The molecule has 8 nitrogen and oxygen atoms in total. The highest BCUT2D eigenvalue weighted by Crippen LogP contribution is 2.23.